The number of fused-ring (bicyclic) bond motifs is 1. The topological polar surface area (TPSA) is 62.5 Å². The Morgan fingerprint density at radius 3 is 2.60 bits per heavy atom. The minimum atomic E-state index is 0.195. The number of halogens is 1. The number of imidazole rings is 1. The minimum absolute atomic E-state index is 0.195. The Hall–Kier alpha value is -2.86. The molecule has 0 spiro atoms. The molecule has 2 aromatic carbocycles. The number of nitrogens with zero attached hydrogens (tertiary/aromatic N) is 3. The molecular formula is C24H25BrN4O. The number of aromatic hydroxyl groups is 1. The lowest BCUT2D eigenvalue weighted by molar-refractivity contribution is 0.477. The Morgan fingerprint density at radius 2 is 1.87 bits per heavy atom. The summed E-state index contributed by atoms with van der Waals surface area (Å²) < 4.78 is 2.02. The molecule has 154 valence electrons. The van der Waals surface area contributed by atoms with E-state index in [2.05, 4.69) is 58.3 Å². The molecule has 0 unspecified atom stereocenters. The minimum Gasteiger partial charge on any atom is -0.507 e. The zero-order valence-electron chi connectivity index (χ0n) is 17.6. The van der Waals surface area contributed by atoms with E-state index in [9.17, 15) is 5.11 Å². The lowest BCUT2D eigenvalue weighted by Gasteiger charge is -2.16. The van der Waals surface area contributed by atoms with Gasteiger partial charge in [0.05, 0.1) is 0 Å². The van der Waals surface area contributed by atoms with Crippen LogP contribution in [0.3, 0.4) is 0 Å². The molecule has 2 heterocycles. The van der Waals surface area contributed by atoms with Gasteiger partial charge in [-0.2, -0.15) is 0 Å². The Kier molecular flexibility index (Phi) is 5.52. The molecule has 0 fully saturated rings. The van der Waals surface area contributed by atoms with Crippen molar-refractivity contribution in [2.75, 3.05) is 5.32 Å². The molecule has 0 amide bonds. The first kappa shape index (κ1) is 20.4. The molecule has 0 saturated heterocycles. The zero-order valence-corrected chi connectivity index (χ0v) is 19.2. The molecule has 2 N–H and O–H groups in total. The number of aromatic nitrogens is 3. The lowest BCUT2D eigenvalue weighted by atomic mass is 10.0. The number of rotatable bonds is 5. The fraction of sp³-hybridized carbons (Fsp3) is 0.250. The molecule has 0 aliphatic carbocycles. The van der Waals surface area contributed by atoms with Crippen LogP contribution in [-0.2, 0) is 11.8 Å². The molecule has 0 saturated carbocycles. The quantitative estimate of drug-likeness (QED) is 0.343. The van der Waals surface area contributed by atoms with Gasteiger partial charge in [-0.15, -0.1) is 0 Å². The van der Waals surface area contributed by atoms with Crippen LogP contribution in [-0.4, -0.2) is 19.5 Å². The molecule has 30 heavy (non-hydrogen) atoms. The van der Waals surface area contributed by atoms with E-state index in [4.69, 9.17) is 4.98 Å². The van der Waals surface area contributed by atoms with Crippen LogP contribution in [0.25, 0.3) is 17.0 Å². The number of para-hydroxylation sites is 1. The van der Waals surface area contributed by atoms with Gasteiger partial charge in [0.15, 0.2) is 0 Å². The average molecular weight is 465 g/mol. The van der Waals surface area contributed by atoms with Gasteiger partial charge in [0, 0.05) is 28.0 Å². The molecule has 5 nitrogen and oxygen atoms in total. The zero-order chi connectivity index (χ0) is 21.4. The van der Waals surface area contributed by atoms with E-state index in [0.717, 1.165) is 40.4 Å². The molecule has 6 heteroatoms. The van der Waals surface area contributed by atoms with Crippen molar-refractivity contribution in [2.24, 2.45) is 0 Å². The van der Waals surface area contributed by atoms with Crippen LogP contribution in [0.4, 0.5) is 11.5 Å². The number of aryl methyl sites for hydroxylation is 4. The third kappa shape index (κ3) is 3.56. The molecule has 0 aliphatic rings. The number of benzene rings is 2. The second kappa shape index (κ2) is 8.11. The molecule has 0 atom stereocenters. The normalized spacial score (nSPS) is 11.2. The predicted molar refractivity (Wildman–Crippen MR) is 126 cm³/mol. The maximum atomic E-state index is 10.7. The van der Waals surface area contributed by atoms with E-state index >= 15 is 0 Å². The van der Waals surface area contributed by atoms with Crippen LogP contribution in [0.1, 0.15) is 35.0 Å². The summed E-state index contributed by atoms with van der Waals surface area (Å²) in [7, 11) is 0. The van der Waals surface area contributed by atoms with Crippen LogP contribution in [0.5, 0.6) is 5.75 Å². The molecule has 2 aromatic heterocycles. The maximum absolute atomic E-state index is 10.7. The van der Waals surface area contributed by atoms with Gasteiger partial charge in [-0.3, -0.25) is 4.40 Å². The number of nitrogens with one attached hydrogen (secondary N) is 1. The van der Waals surface area contributed by atoms with Crippen molar-refractivity contribution in [2.45, 2.75) is 39.4 Å². The SMILES string of the molecule is CCc1cccc(C)c1Nc1c(-c2cc(CBr)ccc2O)nc2nc(C)cc(C)n12. The molecular weight excluding hydrogens is 440 g/mol. The average Bonchev–Trinajstić information content (AvgIpc) is 3.08. The fourth-order valence-electron chi connectivity index (χ4n) is 3.85. The van der Waals surface area contributed by atoms with Crippen LogP contribution in [0.15, 0.2) is 42.5 Å². The van der Waals surface area contributed by atoms with Crippen molar-refractivity contribution in [1.82, 2.24) is 14.4 Å². The van der Waals surface area contributed by atoms with E-state index < -0.39 is 0 Å². The van der Waals surface area contributed by atoms with Gasteiger partial charge in [0.1, 0.15) is 17.3 Å². The standard InChI is InChI=1S/C24H25BrN4O/c1-5-18-8-6-7-14(2)21(18)27-23-22(19-12-17(13-25)9-10-20(19)30)28-24-26-15(3)11-16(4)29(23)24/h6-12,27,30H,5,13H2,1-4H3. The van der Waals surface area contributed by atoms with Gasteiger partial charge in [-0.1, -0.05) is 47.1 Å². The lowest BCUT2D eigenvalue weighted by Crippen LogP contribution is -2.04. The number of hydrogen-bond donors (Lipinski definition) is 2. The predicted octanol–water partition coefficient (Wildman–Crippen LogP) is 6.23. The first-order valence-corrected chi connectivity index (χ1v) is 11.2. The van der Waals surface area contributed by atoms with Gasteiger partial charge in [0.25, 0.3) is 0 Å². The van der Waals surface area contributed by atoms with E-state index in [1.54, 1.807) is 6.07 Å². The Bertz CT molecular complexity index is 1250. The van der Waals surface area contributed by atoms with Gasteiger partial charge in [0.2, 0.25) is 5.78 Å². The van der Waals surface area contributed by atoms with Crippen molar-refractivity contribution in [3.05, 3.63) is 70.5 Å². The molecule has 0 bridgehead atoms. The highest BCUT2D eigenvalue weighted by Gasteiger charge is 2.21. The van der Waals surface area contributed by atoms with E-state index in [-0.39, 0.29) is 5.75 Å². The second-order valence-corrected chi connectivity index (χ2v) is 8.12. The van der Waals surface area contributed by atoms with Crippen molar-refractivity contribution in [3.8, 4) is 17.0 Å². The molecule has 0 aliphatic heterocycles. The van der Waals surface area contributed by atoms with Crippen LogP contribution < -0.4 is 5.32 Å². The highest BCUT2D eigenvalue weighted by molar-refractivity contribution is 9.08. The molecule has 0 radical (unpaired) electrons. The summed E-state index contributed by atoms with van der Waals surface area (Å²) in [6, 6.07) is 13.9. The summed E-state index contributed by atoms with van der Waals surface area (Å²) in [5, 5.41) is 15.0. The van der Waals surface area contributed by atoms with E-state index in [0.29, 0.717) is 22.4 Å². The maximum Gasteiger partial charge on any atom is 0.236 e. The first-order chi connectivity index (χ1) is 14.4. The van der Waals surface area contributed by atoms with Crippen LogP contribution in [0, 0.1) is 20.8 Å². The summed E-state index contributed by atoms with van der Waals surface area (Å²) in [6.45, 7) is 8.26. The highest BCUT2D eigenvalue weighted by atomic mass is 79.9. The van der Waals surface area contributed by atoms with Gasteiger partial charge in [-0.05, 0) is 62.1 Å². The number of anilines is 2. The summed E-state index contributed by atoms with van der Waals surface area (Å²) >= 11 is 3.51. The van der Waals surface area contributed by atoms with E-state index in [1.807, 2.05) is 36.4 Å². The summed E-state index contributed by atoms with van der Waals surface area (Å²) in [4.78, 5) is 9.48. The monoisotopic (exact) mass is 464 g/mol. The summed E-state index contributed by atoms with van der Waals surface area (Å²) in [5.41, 5.74) is 7.83. The third-order valence-electron chi connectivity index (χ3n) is 5.36. The fourth-order valence-corrected chi connectivity index (χ4v) is 4.20. The van der Waals surface area contributed by atoms with E-state index in [1.165, 1.54) is 5.56 Å². The molecule has 4 rings (SSSR count). The molecule has 4 aromatic rings. The van der Waals surface area contributed by atoms with Crippen LogP contribution in [0.2, 0.25) is 0 Å². The van der Waals surface area contributed by atoms with Crippen molar-refractivity contribution < 1.29 is 5.11 Å². The van der Waals surface area contributed by atoms with Gasteiger partial charge in [-0.25, -0.2) is 9.97 Å². The Balaban J connectivity index is 2.02. The van der Waals surface area contributed by atoms with Crippen molar-refractivity contribution in [3.63, 3.8) is 0 Å². The highest BCUT2D eigenvalue weighted by Crippen LogP contribution is 2.38. The van der Waals surface area contributed by atoms with Gasteiger partial charge >= 0.3 is 0 Å². The largest absolute Gasteiger partial charge is 0.507 e. The number of phenolic OH excluding ortho intramolecular Hbond substituents is 1. The van der Waals surface area contributed by atoms with Gasteiger partial charge < -0.3 is 10.4 Å². The third-order valence-corrected chi connectivity index (χ3v) is 6.01. The number of hydrogen-bond acceptors (Lipinski definition) is 4. The summed E-state index contributed by atoms with van der Waals surface area (Å²) in [6.07, 6.45) is 0.913. The van der Waals surface area contributed by atoms with Crippen molar-refractivity contribution in [1.29, 1.82) is 0 Å². The number of alkyl halides is 1. The summed E-state index contributed by atoms with van der Waals surface area (Å²) in [5.74, 6) is 1.61. The first-order valence-electron chi connectivity index (χ1n) is 10.0. The smallest absolute Gasteiger partial charge is 0.236 e. The number of phenols is 1. The second-order valence-electron chi connectivity index (χ2n) is 7.56. The van der Waals surface area contributed by atoms with Crippen molar-refractivity contribution >= 4 is 33.2 Å². The Labute approximate surface area is 185 Å². The Morgan fingerprint density at radius 1 is 1.07 bits per heavy atom. The van der Waals surface area contributed by atoms with Crippen LogP contribution >= 0.6 is 15.9 Å².